The highest BCUT2D eigenvalue weighted by Gasteiger charge is 2.33. The molecule has 2 aromatic carbocycles. The van der Waals surface area contributed by atoms with Crippen molar-refractivity contribution < 1.29 is 9.21 Å². The number of hydrogen-bond acceptors (Lipinski definition) is 5. The molecule has 8 heteroatoms. The Balaban J connectivity index is 1.57. The van der Waals surface area contributed by atoms with E-state index in [2.05, 4.69) is 15.9 Å². The highest BCUT2D eigenvalue weighted by molar-refractivity contribution is 9.10. The van der Waals surface area contributed by atoms with Crippen molar-refractivity contribution in [2.45, 2.75) is 9.99 Å². The third kappa shape index (κ3) is 4.23. The normalized spacial score (nSPS) is 15.6. The van der Waals surface area contributed by atoms with E-state index in [9.17, 15) is 4.79 Å². The lowest BCUT2D eigenvalue weighted by atomic mass is 10.3. The molecule has 28 heavy (non-hydrogen) atoms. The van der Waals surface area contributed by atoms with Crippen molar-refractivity contribution in [3.05, 3.63) is 80.8 Å². The predicted molar refractivity (Wildman–Crippen MR) is 124 cm³/mol. The molecule has 1 amide bonds. The minimum atomic E-state index is -0.152. The fourth-order valence-corrected chi connectivity index (χ4v) is 5.25. The van der Waals surface area contributed by atoms with Crippen molar-refractivity contribution in [3.63, 3.8) is 0 Å². The van der Waals surface area contributed by atoms with E-state index in [-0.39, 0.29) is 5.91 Å². The molecule has 0 bridgehead atoms. The van der Waals surface area contributed by atoms with Crippen molar-refractivity contribution in [1.82, 2.24) is 0 Å². The number of thiocarbonyl (C=S) groups is 1. The molecule has 0 radical (unpaired) electrons. The van der Waals surface area contributed by atoms with Gasteiger partial charge in [-0.3, -0.25) is 9.69 Å². The monoisotopic (exact) mass is 507 g/mol. The molecular formula is C20H11BrClNO2S3. The molecule has 0 unspecified atom stereocenters. The van der Waals surface area contributed by atoms with E-state index in [1.165, 1.54) is 28.4 Å². The van der Waals surface area contributed by atoms with Gasteiger partial charge in [0.25, 0.3) is 5.91 Å². The highest BCUT2D eigenvalue weighted by Crippen LogP contribution is 2.39. The Morgan fingerprint density at radius 2 is 1.86 bits per heavy atom. The number of thioether (sulfide) groups is 1. The van der Waals surface area contributed by atoms with Crippen molar-refractivity contribution >= 4 is 85.3 Å². The second-order valence-corrected chi connectivity index (χ2v) is 9.71. The van der Waals surface area contributed by atoms with Crippen LogP contribution >= 0.6 is 63.3 Å². The summed E-state index contributed by atoms with van der Waals surface area (Å²) in [5.74, 6) is 0.428. The third-order valence-corrected chi connectivity index (χ3v) is 7.18. The van der Waals surface area contributed by atoms with Gasteiger partial charge in [-0.2, -0.15) is 0 Å². The van der Waals surface area contributed by atoms with E-state index in [1.54, 1.807) is 6.08 Å². The van der Waals surface area contributed by atoms with Crippen molar-refractivity contribution in [2.24, 2.45) is 0 Å². The first-order valence-electron chi connectivity index (χ1n) is 8.07. The molecule has 1 aliphatic rings. The molecule has 1 aromatic heterocycles. The van der Waals surface area contributed by atoms with E-state index >= 15 is 0 Å². The van der Waals surface area contributed by atoms with Crippen LogP contribution in [0.5, 0.6) is 0 Å². The zero-order chi connectivity index (χ0) is 19.7. The van der Waals surface area contributed by atoms with Gasteiger partial charge in [0.2, 0.25) is 0 Å². The SMILES string of the molecule is O=C1/C(=C\c2cc(Br)c(Sc3ccc(Cl)cc3)o2)SC(=S)N1c1ccccc1. The number of carbonyl (C=O) groups is 1. The number of rotatable bonds is 4. The van der Waals surface area contributed by atoms with E-state index in [0.29, 0.717) is 25.1 Å². The molecule has 0 atom stereocenters. The first-order chi connectivity index (χ1) is 13.5. The molecule has 0 aliphatic carbocycles. The van der Waals surface area contributed by atoms with Gasteiger partial charge in [-0.15, -0.1) is 0 Å². The number of amides is 1. The number of halogens is 2. The molecule has 0 saturated carbocycles. The van der Waals surface area contributed by atoms with Crippen LogP contribution < -0.4 is 4.90 Å². The smallest absolute Gasteiger partial charge is 0.270 e. The van der Waals surface area contributed by atoms with Gasteiger partial charge in [0, 0.05) is 16.0 Å². The molecule has 2 heterocycles. The van der Waals surface area contributed by atoms with E-state index in [4.69, 9.17) is 28.2 Å². The maximum Gasteiger partial charge on any atom is 0.270 e. The number of anilines is 1. The summed E-state index contributed by atoms with van der Waals surface area (Å²) in [6.45, 7) is 0. The topological polar surface area (TPSA) is 33.5 Å². The number of carbonyl (C=O) groups excluding carboxylic acids is 1. The van der Waals surface area contributed by atoms with Crippen LogP contribution in [0.2, 0.25) is 5.02 Å². The summed E-state index contributed by atoms with van der Waals surface area (Å²) in [7, 11) is 0. The van der Waals surface area contributed by atoms with Gasteiger partial charge in [-0.1, -0.05) is 65.5 Å². The zero-order valence-electron chi connectivity index (χ0n) is 14.1. The Bertz CT molecular complexity index is 1080. The van der Waals surface area contributed by atoms with E-state index in [1.807, 2.05) is 60.7 Å². The summed E-state index contributed by atoms with van der Waals surface area (Å²) >= 11 is 17.6. The molecule has 3 nitrogen and oxygen atoms in total. The Hall–Kier alpha value is -1.51. The number of benzene rings is 2. The van der Waals surface area contributed by atoms with Gasteiger partial charge < -0.3 is 4.42 Å². The molecule has 3 aromatic rings. The van der Waals surface area contributed by atoms with Crippen LogP contribution in [0.3, 0.4) is 0 Å². The minimum absolute atomic E-state index is 0.152. The maximum atomic E-state index is 12.8. The Morgan fingerprint density at radius 1 is 1.14 bits per heavy atom. The van der Waals surface area contributed by atoms with Gasteiger partial charge in [-0.25, -0.2) is 0 Å². The third-order valence-electron chi connectivity index (χ3n) is 3.78. The molecular weight excluding hydrogens is 498 g/mol. The Labute approximate surface area is 189 Å². The summed E-state index contributed by atoms with van der Waals surface area (Å²) in [5.41, 5.74) is 0.757. The van der Waals surface area contributed by atoms with Gasteiger partial charge in [0.1, 0.15) is 5.76 Å². The Kier molecular flexibility index (Phi) is 5.99. The lowest BCUT2D eigenvalue weighted by Gasteiger charge is -2.13. The Morgan fingerprint density at radius 3 is 2.57 bits per heavy atom. The van der Waals surface area contributed by atoms with Crippen LogP contribution in [-0.4, -0.2) is 10.2 Å². The van der Waals surface area contributed by atoms with Gasteiger partial charge in [-0.05, 0) is 58.4 Å². The van der Waals surface area contributed by atoms with Crippen LogP contribution in [0.25, 0.3) is 6.08 Å². The average molecular weight is 509 g/mol. The second-order valence-electron chi connectivity index (χ2n) is 5.69. The zero-order valence-corrected chi connectivity index (χ0v) is 18.9. The molecule has 1 fully saturated rings. The van der Waals surface area contributed by atoms with Crippen LogP contribution in [0.4, 0.5) is 5.69 Å². The van der Waals surface area contributed by atoms with Crippen LogP contribution in [0.15, 0.2) is 84.4 Å². The second kappa shape index (κ2) is 8.47. The van der Waals surface area contributed by atoms with Crippen LogP contribution in [0, 0.1) is 0 Å². The average Bonchev–Trinajstić information content (AvgIpc) is 3.16. The lowest BCUT2D eigenvalue weighted by Crippen LogP contribution is -2.27. The van der Waals surface area contributed by atoms with Gasteiger partial charge in [0.15, 0.2) is 9.41 Å². The summed E-state index contributed by atoms with van der Waals surface area (Å²) in [4.78, 5) is 15.9. The molecule has 0 N–H and O–H groups in total. The highest BCUT2D eigenvalue weighted by atomic mass is 79.9. The number of furan rings is 1. The molecule has 140 valence electrons. The molecule has 0 spiro atoms. The summed E-state index contributed by atoms with van der Waals surface area (Å²) in [5, 5.41) is 1.39. The standard InChI is InChI=1S/C20H11BrClNO2S3/c21-16-10-14(25-19(16)27-15-8-6-12(22)7-9-15)11-17-18(24)23(20(26)28-17)13-4-2-1-3-5-13/h1-11H/b17-11+. The van der Waals surface area contributed by atoms with Crippen LogP contribution in [0.1, 0.15) is 5.76 Å². The summed E-state index contributed by atoms with van der Waals surface area (Å²) in [6, 6.07) is 18.7. The van der Waals surface area contributed by atoms with Crippen LogP contribution in [-0.2, 0) is 4.79 Å². The quantitative estimate of drug-likeness (QED) is 0.274. The van der Waals surface area contributed by atoms with Crippen molar-refractivity contribution in [2.75, 3.05) is 4.90 Å². The maximum absolute atomic E-state index is 12.8. The fourth-order valence-electron chi connectivity index (χ4n) is 2.52. The molecule has 1 aliphatic heterocycles. The summed E-state index contributed by atoms with van der Waals surface area (Å²) < 4.78 is 7.23. The van der Waals surface area contributed by atoms with Crippen molar-refractivity contribution in [1.29, 1.82) is 0 Å². The first-order valence-corrected chi connectivity index (χ1v) is 11.3. The van der Waals surface area contributed by atoms with Gasteiger partial charge >= 0.3 is 0 Å². The lowest BCUT2D eigenvalue weighted by molar-refractivity contribution is -0.113. The van der Waals surface area contributed by atoms with E-state index in [0.717, 1.165) is 15.1 Å². The van der Waals surface area contributed by atoms with Crippen molar-refractivity contribution in [3.8, 4) is 0 Å². The first kappa shape index (κ1) is 19.8. The number of nitrogens with zero attached hydrogens (tertiary/aromatic N) is 1. The summed E-state index contributed by atoms with van der Waals surface area (Å²) in [6.07, 6.45) is 1.72. The largest absolute Gasteiger partial charge is 0.449 e. The predicted octanol–water partition coefficient (Wildman–Crippen LogP) is 7.25. The van der Waals surface area contributed by atoms with E-state index < -0.39 is 0 Å². The van der Waals surface area contributed by atoms with Gasteiger partial charge in [0.05, 0.1) is 15.1 Å². The minimum Gasteiger partial charge on any atom is -0.449 e. The fraction of sp³-hybridized carbons (Fsp3) is 0. The number of hydrogen-bond donors (Lipinski definition) is 0. The molecule has 1 saturated heterocycles. The number of para-hydroxylation sites is 1. The molecule has 4 rings (SSSR count).